The maximum atomic E-state index is 12.1. The van der Waals surface area contributed by atoms with Crippen molar-refractivity contribution in [2.75, 3.05) is 0 Å². The van der Waals surface area contributed by atoms with Gasteiger partial charge in [-0.25, -0.2) is 13.8 Å². The van der Waals surface area contributed by atoms with E-state index < -0.39 is 22.7 Å². The van der Waals surface area contributed by atoms with Gasteiger partial charge in [0, 0.05) is 12.1 Å². The number of alkyl halides is 2. The van der Waals surface area contributed by atoms with Gasteiger partial charge in [0.25, 0.3) is 12.1 Å². The van der Waals surface area contributed by atoms with Crippen molar-refractivity contribution < 1.29 is 18.5 Å². The Balaban J connectivity index is 3.27. The number of aldehydes is 1. The zero-order chi connectivity index (χ0) is 10.7. The smallest absolute Gasteiger partial charge is 0.280 e. The molecule has 1 aromatic heterocycles. The Morgan fingerprint density at radius 2 is 2.14 bits per heavy atom. The molecule has 0 radical (unpaired) electrons. The van der Waals surface area contributed by atoms with E-state index in [2.05, 4.69) is 4.98 Å². The van der Waals surface area contributed by atoms with Gasteiger partial charge in [0.05, 0.1) is 4.92 Å². The van der Waals surface area contributed by atoms with Crippen molar-refractivity contribution in [1.82, 2.24) is 4.98 Å². The average molecular weight is 202 g/mol. The Morgan fingerprint density at radius 1 is 1.50 bits per heavy atom. The van der Waals surface area contributed by atoms with Crippen LogP contribution in [0, 0.1) is 10.1 Å². The third-order valence-corrected chi connectivity index (χ3v) is 1.40. The Kier molecular flexibility index (Phi) is 2.80. The van der Waals surface area contributed by atoms with Crippen LogP contribution in [0.2, 0.25) is 0 Å². The molecule has 0 N–H and O–H groups in total. The number of carbonyl (C=O) groups is 1. The summed E-state index contributed by atoms with van der Waals surface area (Å²) < 4.78 is 24.3. The minimum atomic E-state index is -2.94. The van der Waals surface area contributed by atoms with E-state index in [1.165, 1.54) is 0 Å². The number of rotatable bonds is 3. The first-order valence-corrected chi connectivity index (χ1v) is 3.44. The van der Waals surface area contributed by atoms with Gasteiger partial charge in [-0.05, 0) is 0 Å². The molecule has 0 amide bonds. The van der Waals surface area contributed by atoms with E-state index in [0.29, 0.717) is 6.07 Å². The van der Waals surface area contributed by atoms with Gasteiger partial charge in [0.15, 0.2) is 6.29 Å². The summed E-state index contributed by atoms with van der Waals surface area (Å²) >= 11 is 0. The summed E-state index contributed by atoms with van der Waals surface area (Å²) in [5.74, 6) is 0. The second kappa shape index (κ2) is 3.86. The first-order valence-electron chi connectivity index (χ1n) is 3.44. The average Bonchev–Trinajstić information content (AvgIpc) is 2.16. The zero-order valence-corrected chi connectivity index (χ0v) is 6.68. The van der Waals surface area contributed by atoms with Crippen LogP contribution in [0.4, 0.5) is 14.5 Å². The Labute approximate surface area is 76.5 Å². The van der Waals surface area contributed by atoms with Crippen LogP contribution < -0.4 is 0 Å². The van der Waals surface area contributed by atoms with Gasteiger partial charge in [0.2, 0.25) is 0 Å². The summed E-state index contributed by atoms with van der Waals surface area (Å²) in [4.78, 5) is 22.8. The van der Waals surface area contributed by atoms with E-state index in [-0.39, 0.29) is 12.0 Å². The van der Waals surface area contributed by atoms with Crippen molar-refractivity contribution >= 4 is 12.0 Å². The SMILES string of the molecule is O=Cc1cc([N+](=O)[O-])cc(C(F)F)n1. The number of nitrogens with zero attached hydrogens (tertiary/aromatic N) is 2. The zero-order valence-electron chi connectivity index (χ0n) is 6.68. The molecular formula is C7H4F2N2O3. The highest BCUT2D eigenvalue weighted by Gasteiger charge is 2.16. The fourth-order valence-corrected chi connectivity index (χ4v) is 0.836. The molecule has 0 unspecified atom stereocenters. The molecule has 5 nitrogen and oxygen atoms in total. The van der Waals surface area contributed by atoms with Crippen LogP contribution in [0.1, 0.15) is 22.6 Å². The first kappa shape index (κ1) is 10.2. The van der Waals surface area contributed by atoms with Gasteiger partial charge in [-0.2, -0.15) is 0 Å². The number of halogens is 2. The van der Waals surface area contributed by atoms with Crippen molar-refractivity contribution in [3.8, 4) is 0 Å². The van der Waals surface area contributed by atoms with Gasteiger partial charge in [-0.1, -0.05) is 0 Å². The number of pyridine rings is 1. The van der Waals surface area contributed by atoms with Crippen LogP contribution in [0.3, 0.4) is 0 Å². The molecular weight excluding hydrogens is 198 g/mol. The molecule has 74 valence electrons. The number of aromatic nitrogens is 1. The summed E-state index contributed by atoms with van der Waals surface area (Å²) in [6.45, 7) is 0. The van der Waals surface area contributed by atoms with Crippen LogP contribution in [-0.2, 0) is 0 Å². The van der Waals surface area contributed by atoms with Gasteiger partial charge < -0.3 is 0 Å². The molecule has 0 spiro atoms. The first-order chi connectivity index (χ1) is 6.54. The Hall–Kier alpha value is -1.92. The molecule has 0 aliphatic carbocycles. The van der Waals surface area contributed by atoms with Gasteiger partial charge in [-0.15, -0.1) is 0 Å². The molecule has 1 rings (SSSR count). The van der Waals surface area contributed by atoms with Crippen LogP contribution in [-0.4, -0.2) is 16.2 Å². The molecule has 0 bridgehead atoms. The predicted octanol–water partition coefficient (Wildman–Crippen LogP) is 1.74. The third-order valence-electron chi connectivity index (χ3n) is 1.40. The van der Waals surface area contributed by atoms with Crippen molar-refractivity contribution in [2.45, 2.75) is 6.43 Å². The largest absolute Gasteiger partial charge is 0.296 e. The van der Waals surface area contributed by atoms with Gasteiger partial charge in [0.1, 0.15) is 11.4 Å². The summed E-state index contributed by atoms with van der Waals surface area (Å²) in [7, 11) is 0. The Bertz CT molecular complexity index is 381. The maximum Gasteiger partial charge on any atom is 0.280 e. The van der Waals surface area contributed by atoms with Crippen molar-refractivity contribution in [3.63, 3.8) is 0 Å². The highest BCUT2D eigenvalue weighted by molar-refractivity contribution is 5.73. The lowest BCUT2D eigenvalue weighted by Crippen LogP contribution is -1.98. The third kappa shape index (κ3) is 2.06. The molecule has 0 aliphatic heterocycles. The van der Waals surface area contributed by atoms with Crippen LogP contribution in [0.5, 0.6) is 0 Å². The monoisotopic (exact) mass is 202 g/mol. The molecule has 0 aromatic carbocycles. The summed E-state index contributed by atoms with van der Waals surface area (Å²) in [5.41, 5.74) is -1.73. The molecule has 1 heterocycles. The highest BCUT2D eigenvalue weighted by atomic mass is 19.3. The summed E-state index contributed by atoms with van der Waals surface area (Å²) in [5, 5.41) is 10.3. The normalized spacial score (nSPS) is 10.2. The Morgan fingerprint density at radius 3 is 2.57 bits per heavy atom. The number of hydrogen-bond acceptors (Lipinski definition) is 4. The predicted molar refractivity (Wildman–Crippen MR) is 41.2 cm³/mol. The fraction of sp³-hybridized carbons (Fsp3) is 0.143. The van der Waals surface area contributed by atoms with Crippen LogP contribution in [0.15, 0.2) is 12.1 Å². The minimum absolute atomic E-state index is 0.179. The second-order valence-corrected chi connectivity index (χ2v) is 2.35. The van der Waals surface area contributed by atoms with Crippen LogP contribution in [0.25, 0.3) is 0 Å². The second-order valence-electron chi connectivity index (χ2n) is 2.35. The van der Waals surface area contributed by atoms with E-state index in [4.69, 9.17) is 0 Å². The lowest BCUT2D eigenvalue weighted by Gasteiger charge is -1.99. The fourth-order valence-electron chi connectivity index (χ4n) is 0.836. The van der Waals surface area contributed by atoms with Crippen molar-refractivity contribution in [1.29, 1.82) is 0 Å². The maximum absolute atomic E-state index is 12.1. The molecule has 0 fully saturated rings. The quantitative estimate of drug-likeness (QED) is 0.425. The van der Waals surface area contributed by atoms with E-state index in [1.807, 2.05) is 0 Å². The molecule has 0 aliphatic rings. The van der Waals surface area contributed by atoms with Crippen LogP contribution >= 0.6 is 0 Å². The molecule has 0 atom stereocenters. The van der Waals surface area contributed by atoms with E-state index in [9.17, 15) is 23.7 Å². The van der Waals surface area contributed by atoms with E-state index in [0.717, 1.165) is 6.07 Å². The molecule has 14 heavy (non-hydrogen) atoms. The molecule has 7 heteroatoms. The minimum Gasteiger partial charge on any atom is -0.296 e. The number of carbonyl (C=O) groups excluding carboxylic acids is 1. The van der Waals surface area contributed by atoms with Crippen molar-refractivity contribution in [2.24, 2.45) is 0 Å². The van der Waals surface area contributed by atoms with Crippen molar-refractivity contribution in [3.05, 3.63) is 33.6 Å². The summed E-state index contributed by atoms with van der Waals surface area (Å²) in [6, 6.07) is 1.47. The highest BCUT2D eigenvalue weighted by Crippen LogP contribution is 2.21. The molecule has 0 saturated carbocycles. The van der Waals surface area contributed by atoms with Gasteiger partial charge >= 0.3 is 0 Å². The van der Waals surface area contributed by atoms with Gasteiger partial charge in [-0.3, -0.25) is 14.9 Å². The molecule has 1 aromatic rings. The molecule has 0 saturated heterocycles. The summed E-state index contributed by atoms with van der Waals surface area (Å²) in [6.07, 6.45) is -2.76. The lowest BCUT2D eigenvalue weighted by atomic mass is 10.3. The topological polar surface area (TPSA) is 73.1 Å². The number of nitro groups is 1. The van der Waals surface area contributed by atoms with E-state index >= 15 is 0 Å². The van der Waals surface area contributed by atoms with E-state index in [1.54, 1.807) is 0 Å². The number of hydrogen-bond donors (Lipinski definition) is 0. The lowest BCUT2D eigenvalue weighted by molar-refractivity contribution is -0.385. The standard InChI is InChI=1S/C7H4F2N2O3/c8-7(9)6-2-5(11(13)14)1-4(3-12)10-6/h1-3,7H.